The Morgan fingerprint density at radius 3 is 3.00 bits per heavy atom. The average molecular weight is 333 g/mol. The van der Waals surface area contributed by atoms with E-state index in [1.54, 1.807) is 4.68 Å². The van der Waals surface area contributed by atoms with Crippen molar-refractivity contribution >= 4 is 16.8 Å². The lowest BCUT2D eigenvalue weighted by atomic mass is 10.1. The van der Waals surface area contributed by atoms with E-state index < -0.39 is 0 Å². The van der Waals surface area contributed by atoms with Gasteiger partial charge in [-0.3, -0.25) is 9.48 Å². The fraction of sp³-hybridized carbons (Fsp3) is 0.316. The monoisotopic (exact) mass is 333 g/mol. The maximum absolute atomic E-state index is 13.3. The molecule has 1 aliphatic heterocycles. The van der Waals surface area contributed by atoms with Gasteiger partial charge in [0.15, 0.2) is 0 Å². The highest BCUT2D eigenvalue weighted by Gasteiger charge is 2.33. The molecule has 1 aromatic carbocycles. The summed E-state index contributed by atoms with van der Waals surface area (Å²) in [5.41, 5.74) is 2.57. The summed E-state index contributed by atoms with van der Waals surface area (Å²) in [4.78, 5) is 15.2. The number of carbonyl (C=O) groups excluding carboxylic acids is 1. The summed E-state index contributed by atoms with van der Waals surface area (Å²) >= 11 is 0. The van der Waals surface area contributed by atoms with Gasteiger partial charge < -0.3 is 9.47 Å². The van der Waals surface area contributed by atoms with Gasteiger partial charge in [0.1, 0.15) is 12.2 Å². The quantitative estimate of drug-likeness (QED) is 0.740. The van der Waals surface area contributed by atoms with Crippen LogP contribution >= 0.6 is 0 Å². The summed E-state index contributed by atoms with van der Waals surface area (Å²) in [6, 6.07) is 11.9. The van der Waals surface area contributed by atoms with Gasteiger partial charge in [-0.05, 0) is 25.0 Å². The summed E-state index contributed by atoms with van der Waals surface area (Å²) in [7, 11) is 1.88. The van der Waals surface area contributed by atoms with Crippen LogP contribution < -0.4 is 0 Å². The molecule has 6 heteroatoms. The molecule has 0 bridgehead atoms. The zero-order valence-electron chi connectivity index (χ0n) is 14.1. The van der Waals surface area contributed by atoms with E-state index in [9.17, 15) is 10.1 Å². The van der Waals surface area contributed by atoms with Crippen molar-refractivity contribution in [3.63, 3.8) is 0 Å². The highest BCUT2D eigenvalue weighted by atomic mass is 16.2. The number of aryl methyl sites for hydroxylation is 1. The lowest BCUT2D eigenvalue weighted by Gasteiger charge is -2.24. The minimum absolute atomic E-state index is 0.0159. The molecule has 25 heavy (non-hydrogen) atoms. The van der Waals surface area contributed by atoms with E-state index in [2.05, 4.69) is 11.2 Å². The molecule has 1 amide bonds. The van der Waals surface area contributed by atoms with Crippen LogP contribution in [0.5, 0.6) is 0 Å². The van der Waals surface area contributed by atoms with Crippen LogP contribution in [0.1, 0.15) is 34.9 Å². The molecule has 1 unspecified atom stereocenters. The SMILES string of the molecule is Cn1cc(C2CCCN2C(=O)c2cc3ccccc3n2CC#N)cn1. The van der Waals surface area contributed by atoms with Gasteiger partial charge in [0.25, 0.3) is 5.91 Å². The highest BCUT2D eigenvalue weighted by Crippen LogP contribution is 2.33. The molecule has 0 spiro atoms. The van der Waals surface area contributed by atoms with Crippen molar-refractivity contribution in [2.24, 2.45) is 7.05 Å². The average Bonchev–Trinajstić information content (AvgIpc) is 3.33. The molecular formula is C19H19N5O. The van der Waals surface area contributed by atoms with Crippen molar-refractivity contribution in [2.75, 3.05) is 6.54 Å². The van der Waals surface area contributed by atoms with Crippen molar-refractivity contribution in [2.45, 2.75) is 25.4 Å². The lowest BCUT2D eigenvalue weighted by molar-refractivity contribution is 0.0726. The Hall–Kier alpha value is -3.07. The Kier molecular flexibility index (Phi) is 3.77. The van der Waals surface area contributed by atoms with Crippen LogP contribution in [0.25, 0.3) is 10.9 Å². The molecule has 3 heterocycles. The van der Waals surface area contributed by atoms with Gasteiger partial charge >= 0.3 is 0 Å². The van der Waals surface area contributed by atoms with Gasteiger partial charge in [0.05, 0.1) is 18.3 Å². The molecule has 1 fully saturated rings. The van der Waals surface area contributed by atoms with Crippen LogP contribution in [0.3, 0.4) is 0 Å². The Bertz CT molecular complexity index is 977. The number of carbonyl (C=O) groups is 1. The molecule has 1 atom stereocenters. The number of para-hydroxylation sites is 1. The molecule has 3 aromatic rings. The first-order valence-corrected chi connectivity index (χ1v) is 8.44. The number of benzene rings is 1. The molecule has 0 saturated carbocycles. The molecule has 1 saturated heterocycles. The van der Waals surface area contributed by atoms with Crippen LogP contribution in [-0.2, 0) is 13.6 Å². The number of rotatable bonds is 3. The number of hydrogen-bond acceptors (Lipinski definition) is 3. The maximum atomic E-state index is 13.3. The number of nitriles is 1. The van der Waals surface area contributed by atoms with E-state index in [1.807, 2.05) is 59.2 Å². The van der Waals surface area contributed by atoms with E-state index in [0.717, 1.165) is 35.9 Å². The third-order valence-corrected chi connectivity index (χ3v) is 4.88. The molecule has 1 aliphatic rings. The molecule has 0 aliphatic carbocycles. The number of nitrogens with zero attached hydrogens (tertiary/aromatic N) is 5. The second-order valence-corrected chi connectivity index (χ2v) is 6.44. The van der Waals surface area contributed by atoms with Crippen molar-refractivity contribution in [1.29, 1.82) is 5.26 Å². The van der Waals surface area contributed by atoms with Gasteiger partial charge in [-0.25, -0.2) is 0 Å². The van der Waals surface area contributed by atoms with Crippen LogP contribution in [0.15, 0.2) is 42.7 Å². The van der Waals surface area contributed by atoms with E-state index in [0.29, 0.717) is 5.69 Å². The van der Waals surface area contributed by atoms with E-state index in [4.69, 9.17) is 0 Å². The van der Waals surface area contributed by atoms with Crippen molar-refractivity contribution in [3.05, 3.63) is 54.0 Å². The Morgan fingerprint density at radius 1 is 1.40 bits per heavy atom. The second kappa shape index (κ2) is 6.10. The summed E-state index contributed by atoms with van der Waals surface area (Å²) in [6.45, 7) is 0.895. The summed E-state index contributed by atoms with van der Waals surface area (Å²) in [5.74, 6) is -0.0159. The van der Waals surface area contributed by atoms with E-state index >= 15 is 0 Å². The Morgan fingerprint density at radius 2 is 2.24 bits per heavy atom. The third kappa shape index (κ3) is 2.58. The normalized spacial score (nSPS) is 17.1. The first-order chi connectivity index (χ1) is 12.2. The predicted molar refractivity (Wildman–Crippen MR) is 93.8 cm³/mol. The van der Waals surface area contributed by atoms with Gasteiger partial charge in [-0.15, -0.1) is 0 Å². The summed E-state index contributed by atoms with van der Waals surface area (Å²) in [6.07, 6.45) is 5.72. The van der Waals surface area contributed by atoms with Gasteiger partial charge in [0, 0.05) is 36.3 Å². The number of aromatic nitrogens is 3. The van der Waals surface area contributed by atoms with Crippen molar-refractivity contribution < 1.29 is 4.79 Å². The minimum atomic E-state index is -0.0159. The molecule has 2 aromatic heterocycles. The second-order valence-electron chi connectivity index (χ2n) is 6.44. The largest absolute Gasteiger partial charge is 0.330 e. The molecule has 126 valence electrons. The smallest absolute Gasteiger partial charge is 0.271 e. The molecule has 0 radical (unpaired) electrons. The molecular weight excluding hydrogens is 314 g/mol. The van der Waals surface area contributed by atoms with Gasteiger partial charge in [-0.1, -0.05) is 18.2 Å². The van der Waals surface area contributed by atoms with Crippen LogP contribution in [0, 0.1) is 11.3 Å². The fourth-order valence-corrected chi connectivity index (χ4v) is 3.74. The van der Waals surface area contributed by atoms with E-state index in [1.165, 1.54) is 0 Å². The first-order valence-electron chi connectivity index (χ1n) is 8.44. The van der Waals surface area contributed by atoms with Crippen LogP contribution in [0.4, 0.5) is 0 Å². The third-order valence-electron chi connectivity index (χ3n) is 4.88. The molecule has 4 rings (SSSR count). The Balaban J connectivity index is 1.74. The predicted octanol–water partition coefficient (Wildman–Crippen LogP) is 2.88. The zero-order chi connectivity index (χ0) is 17.4. The number of amides is 1. The number of hydrogen-bond donors (Lipinski definition) is 0. The summed E-state index contributed by atoms with van der Waals surface area (Å²) in [5, 5.41) is 14.4. The molecule has 0 N–H and O–H groups in total. The van der Waals surface area contributed by atoms with Gasteiger partial charge in [-0.2, -0.15) is 10.4 Å². The van der Waals surface area contributed by atoms with Crippen molar-refractivity contribution in [3.8, 4) is 6.07 Å². The standard InChI is InChI=1S/C19H19N5O/c1-22-13-15(12-21-22)17-7-4-9-24(17)19(25)18-11-14-5-2-3-6-16(14)23(18)10-8-20/h2-3,5-6,11-13,17H,4,7,9-10H2,1H3. The highest BCUT2D eigenvalue weighted by molar-refractivity contribution is 5.99. The van der Waals surface area contributed by atoms with E-state index in [-0.39, 0.29) is 18.5 Å². The Labute approximate surface area is 145 Å². The topological polar surface area (TPSA) is 66.8 Å². The lowest BCUT2D eigenvalue weighted by Crippen LogP contribution is -2.32. The van der Waals surface area contributed by atoms with Crippen LogP contribution in [0.2, 0.25) is 0 Å². The summed E-state index contributed by atoms with van der Waals surface area (Å²) < 4.78 is 3.58. The zero-order valence-corrected chi connectivity index (χ0v) is 14.1. The first kappa shape index (κ1) is 15.5. The number of fused-ring (bicyclic) bond motifs is 1. The maximum Gasteiger partial charge on any atom is 0.271 e. The molecule has 6 nitrogen and oxygen atoms in total. The number of likely N-dealkylation sites (tertiary alicyclic amines) is 1. The van der Waals surface area contributed by atoms with Crippen molar-refractivity contribution in [1.82, 2.24) is 19.2 Å². The van der Waals surface area contributed by atoms with Gasteiger partial charge in [0.2, 0.25) is 0 Å². The van der Waals surface area contributed by atoms with Crippen LogP contribution in [-0.4, -0.2) is 31.7 Å². The minimum Gasteiger partial charge on any atom is -0.330 e. The fourth-order valence-electron chi connectivity index (χ4n) is 3.74.